The minimum absolute atomic E-state index is 0.230. The predicted molar refractivity (Wildman–Crippen MR) is 88.1 cm³/mol. The Bertz CT molecular complexity index is 1050. The zero-order valence-electron chi connectivity index (χ0n) is 12.6. The van der Waals surface area contributed by atoms with E-state index in [2.05, 4.69) is 25.2 Å². The highest BCUT2D eigenvalue weighted by Crippen LogP contribution is 2.20. The van der Waals surface area contributed by atoms with E-state index in [-0.39, 0.29) is 5.56 Å². The van der Waals surface area contributed by atoms with Gasteiger partial charge in [-0.2, -0.15) is 10.1 Å². The molecule has 3 aromatic heterocycles. The molecule has 1 N–H and O–H groups in total. The number of rotatable bonds is 4. The molecule has 0 fully saturated rings. The predicted octanol–water partition coefficient (Wildman–Crippen LogP) is 2.09. The second-order valence-electron chi connectivity index (χ2n) is 5.02. The van der Waals surface area contributed by atoms with Crippen LogP contribution in [0.5, 0.6) is 0 Å². The first-order chi connectivity index (χ1) is 11.7. The Morgan fingerprint density at radius 3 is 2.83 bits per heavy atom. The highest BCUT2D eigenvalue weighted by Gasteiger charge is 2.12. The number of hydrogen-bond acceptors (Lipinski definition) is 7. The lowest BCUT2D eigenvalue weighted by Gasteiger charge is -2.03. The third-order valence-electron chi connectivity index (χ3n) is 3.32. The van der Waals surface area contributed by atoms with Crippen molar-refractivity contribution in [1.29, 1.82) is 0 Å². The molecule has 120 valence electrons. The maximum Gasteiger partial charge on any atom is 0.262 e. The molecule has 0 atom stereocenters. The first-order valence-electron chi connectivity index (χ1n) is 7.16. The van der Waals surface area contributed by atoms with E-state index in [9.17, 15) is 4.79 Å². The van der Waals surface area contributed by atoms with Crippen LogP contribution in [-0.2, 0) is 5.75 Å². The number of nitrogens with zero attached hydrogens (tertiary/aromatic N) is 5. The van der Waals surface area contributed by atoms with Gasteiger partial charge < -0.3 is 9.51 Å². The Balaban J connectivity index is 1.71. The molecule has 3 heterocycles. The molecule has 0 amide bonds. The number of hydrogen-bond donors (Lipinski definition) is 1. The number of aromatic nitrogens is 6. The quantitative estimate of drug-likeness (QED) is 0.448. The number of H-pyrrole nitrogens is 1. The lowest BCUT2D eigenvalue weighted by molar-refractivity contribution is 0.387. The Morgan fingerprint density at radius 1 is 1.25 bits per heavy atom. The van der Waals surface area contributed by atoms with Gasteiger partial charge in [-0.3, -0.25) is 4.79 Å². The molecule has 0 saturated heterocycles. The molecule has 24 heavy (non-hydrogen) atoms. The molecular formula is C15H12N6O2S. The van der Waals surface area contributed by atoms with Crippen molar-refractivity contribution in [1.82, 2.24) is 29.9 Å². The van der Waals surface area contributed by atoms with Crippen LogP contribution in [0, 0.1) is 6.92 Å². The summed E-state index contributed by atoms with van der Waals surface area (Å²) in [7, 11) is 0. The Morgan fingerprint density at radius 2 is 2.08 bits per heavy atom. The van der Waals surface area contributed by atoms with Gasteiger partial charge in [-0.15, -0.1) is 0 Å². The second-order valence-corrected chi connectivity index (χ2v) is 5.99. The fourth-order valence-electron chi connectivity index (χ4n) is 2.25. The van der Waals surface area contributed by atoms with Crippen LogP contribution in [0.4, 0.5) is 0 Å². The summed E-state index contributed by atoms with van der Waals surface area (Å²) in [6, 6.07) is 9.54. The fourth-order valence-corrected chi connectivity index (χ4v) is 2.95. The van der Waals surface area contributed by atoms with Crippen molar-refractivity contribution in [3.05, 3.63) is 58.6 Å². The van der Waals surface area contributed by atoms with Crippen molar-refractivity contribution in [2.75, 3.05) is 0 Å². The third-order valence-corrected chi connectivity index (χ3v) is 4.18. The van der Waals surface area contributed by atoms with Gasteiger partial charge in [0, 0.05) is 0 Å². The van der Waals surface area contributed by atoms with Crippen LogP contribution in [0.1, 0.15) is 11.7 Å². The Kier molecular flexibility index (Phi) is 3.62. The van der Waals surface area contributed by atoms with Crippen LogP contribution in [0.3, 0.4) is 0 Å². The summed E-state index contributed by atoms with van der Waals surface area (Å²) in [5, 5.41) is 8.92. The minimum atomic E-state index is -0.230. The normalized spacial score (nSPS) is 11.2. The summed E-state index contributed by atoms with van der Waals surface area (Å²) in [6.07, 6.45) is 1.52. The van der Waals surface area contributed by atoms with Crippen molar-refractivity contribution in [3.63, 3.8) is 0 Å². The molecule has 0 saturated carbocycles. The van der Waals surface area contributed by atoms with Crippen molar-refractivity contribution in [2.24, 2.45) is 0 Å². The molecule has 0 radical (unpaired) electrons. The van der Waals surface area contributed by atoms with E-state index in [1.165, 1.54) is 18.0 Å². The molecule has 4 rings (SSSR count). The van der Waals surface area contributed by atoms with Gasteiger partial charge in [0.15, 0.2) is 16.6 Å². The number of aromatic amines is 1. The zero-order chi connectivity index (χ0) is 16.5. The standard InChI is InChI=1S/C15H12N6O2S/c1-9-17-12(23-20-9)8-24-15-18-13-11(14(22)19-15)7-16-21(13)10-5-3-2-4-6-10/h2-7H,8H2,1H3,(H,18,19,22). The van der Waals surface area contributed by atoms with Gasteiger partial charge >= 0.3 is 0 Å². The van der Waals surface area contributed by atoms with Gasteiger partial charge in [-0.05, 0) is 19.1 Å². The monoisotopic (exact) mass is 340 g/mol. The molecule has 0 bridgehead atoms. The van der Waals surface area contributed by atoms with Crippen LogP contribution in [0.25, 0.3) is 16.7 Å². The maximum absolute atomic E-state index is 12.2. The van der Waals surface area contributed by atoms with Crippen LogP contribution < -0.4 is 5.56 Å². The lowest BCUT2D eigenvalue weighted by atomic mass is 10.3. The molecule has 0 spiro atoms. The molecule has 0 unspecified atom stereocenters. The summed E-state index contributed by atoms with van der Waals surface area (Å²) in [6.45, 7) is 1.75. The highest BCUT2D eigenvalue weighted by atomic mass is 32.2. The summed E-state index contributed by atoms with van der Waals surface area (Å²) < 4.78 is 6.71. The molecule has 9 heteroatoms. The Hall–Kier alpha value is -2.94. The number of aryl methyl sites for hydroxylation is 1. The second kappa shape index (κ2) is 5.93. The SMILES string of the molecule is Cc1noc(CSc2nc3c(cnn3-c3ccccc3)c(=O)[nH]2)n1. The number of thioether (sulfide) groups is 1. The number of nitrogens with one attached hydrogen (secondary N) is 1. The number of para-hydroxylation sites is 1. The van der Waals surface area contributed by atoms with Crippen molar-refractivity contribution >= 4 is 22.8 Å². The molecule has 8 nitrogen and oxygen atoms in total. The first-order valence-corrected chi connectivity index (χ1v) is 8.15. The molecule has 0 aliphatic carbocycles. The van der Waals surface area contributed by atoms with Crippen LogP contribution in [0.2, 0.25) is 0 Å². The molecular weight excluding hydrogens is 328 g/mol. The van der Waals surface area contributed by atoms with E-state index >= 15 is 0 Å². The lowest BCUT2D eigenvalue weighted by Crippen LogP contribution is -2.09. The fraction of sp³-hybridized carbons (Fsp3) is 0.133. The van der Waals surface area contributed by atoms with Gasteiger partial charge in [0.25, 0.3) is 5.56 Å². The molecule has 1 aromatic carbocycles. The highest BCUT2D eigenvalue weighted by molar-refractivity contribution is 7.98. The molecule has 0 aliphatic rings. The van der Waals surface area contributed by atoms with E-state index in [0.717, 1.165) is 5.69 Å². The van der Waals surface area contributed by atoms with E-state index in [1.54, 1.807) is 11.6 Å². The molecule has 4 aromatic rings. The van der Waals surface area contributed by atoms with E-state index < -0.39 is 0 Å². The summed E-state index contributed by atoms with van der Waals surface area (Å²) in [4.78, 5) is 23.6. The van der Waals surface area contributed by atoms with Gasteiger partial charge in [0.1, 0.15) is 5.39 Å². The van der Waals surface area contributed by atoms with Crippen LogP contribution in [-0.4, -0.2) is 29.9 Å². The average Bonchev–Trinajstić information content (AvgIpc) is 3.20. The van der Waals surface area contributed by atoms with Crippen molar-refractivity contribution in [2.45, 2.75) is 17.8 Å². The van der Waals surface area contributed by atoms with Gasteiger partial charge in [-0.25, -0.2) is 9.67 Å². The Labute approximate surface area is 139 Å². The average molecular weight is 340 g/mol. The number of fused-ring (bicyclic) bond motifs is 1. The zero-order valence-corrected chi connectivity index (χ0v) is 13.4. The summed E-state index contributed by atoms with van der Waals surface area (Å²) in [5.74, 6) is 1.48. The maximum atomic E-state index is 12.2. The number of benzene rings is 1. The van der Waals surface area contributed by atoms with Gasteiger partial charge in [0.2, 0.25) is 5.89 Å². The minimum Gasteiger partial charge on any atom is -0.338 e. The smallest absolute Gasteiger partial charge is 0.262 e. The third kappa shape index (κ3) is 2.69. The summed E-state index contributed by atoms with van der Waals surface area (Å²) in [5.41, 5.74) is 1.12. The summed E-state index contributed by atoms with van der Waals surface area (Å²) >= 11 is 1.32. The van der Waals surface area contributed by atoms with E-state index in [4.69, 9.17) is 4.52 Å². The van der Waals surface area contributed by atoms with Gasteiger partial charge in [0.05, 0.1) is 17.6 Å². The van der Waals surface area contributed by atoms with Crippen LogP contribution in [0.15, 0.2) is 51.0 Å². The van der Waals surface area contributed by atoms with E-state index in [0.29, 0.717) is 33.7 Å². The topological polar surface area (TPSA) is 102 Å². The first kappa shape index (κ1) is 14.6. The van der Waals surface area contributed by atoms with Gasteiger partial charge in [-0.1, -0.05) is 35.1 Å². The van der Waals surface area contributed by atoms with Crippen LogP contribution >= 0.6 is 11.8 Å². The molecule has 0 aliphatic heterocycles. The van der Waals surface area contributed by atoms with E-state index in [1.807, 2.05) is 30.3 Å². The largest absolute Gasteiger partial charge is 0.338 e. The van der Waals surface area contributed by atoms with Crippen molar-refractivity contribution < 1.29 is 4.52 Å². The van der Waals surface area contributed by atoms with Crippen molar-refractivity contribution in [3.8, 4) is 5.69 Å².